The Bertz CT molecular complexity index is 784. The van der Waals surface area contributed by atoms with Gasteiger partial charge in [0.2, 0.25) is 10.0 Å². The first kappa shape index (κ1) is 15.8. The highest BCUT2D eigenvalue weighted by molar-refractivity contribution is 7.89. The van der Waals surface area contributed by atoms with Crippen LogP contribution in [0.15, 0.2) is 23.1 Å². The third-order valence-electron chi connectivity index (χ3n) is 3.36. The number of benzene rings is 1. The molecule has 21 heavy (non-hydrogen) atoms. The molecule has 0 aliphatic heterocycles. The van der Waals surface area contributed by atoms with E-state index in [-0.39, 0.29) is 17.1 Å². The molecule has 0 radical (unpaired) electrons. The molecule has 2 aromatic rings. The van der Waals surface area contributed by atoms with Gasteiger partial charge in [0.05, 0.1) is 11.4 Å². The van der Waals surface area contributed by atoms with Crippen molar-refractivity contribution in [1.29, 1.82) is 0 Å². The maximum Gasteiger partial charge on any atom is 0.242 e. The van der Waals surface area contributed by atoms with Crippen LogP contribution in [0.5, 0.6) is 0 Å². The monoisotopic (exact) mass is 328 g/mol. The summed E-state index contributed by atoms with van der Waals surface area (Å²) in [5.74, 6) is 0. The summed E-state index contributed by atoms with van der Waals surface area (Å²) < 4.78 is 28.9. The summed E-state index contributed by atoms with van der Waals surface area (Å²) in [4.78, 5) is 0.0195. The second-order valence-corrected chi connectivity index (χ2v) is 6.95. The summed E-state index contributed by atoms with van der Waals surface area (Å²) in [5, 5.41) is 4.65. The maximum atomic E-state index is 12.3. The summed E-state index contributed by atoms with van der Waals surface area (Å²) in [7, 11) is -1.88. The SMILES string of the molecule is Cc1nn(C)c(C)c1CNS(=O)(=O)c1ccc(Cl)cc1N. The summed E-state index contributed by atoms with van der Waals surface area (Å²) in [6.07, 6.45) is 0. The molecule has 1 heterocycles. The van der Waals surface area contributed by atoms with Gasteiger partial charge in [0.25, 0.3) is 0 Å². The zero-order valence-electron chi connectivity index (χ0n) is 12.0. The van der Waals surface area contributed by atoms with Gasteiger partial charge in [0, 0.05) is 29.9 Å². The molecule has 0 amide bonds. The van der Waals surface area contributed by atoms with Gasteiger partial charge in [-0.3, -0.25) is 4.68 Å². The summed E-state index contributed by atoms with van der Waals surface area (Å²) >= 11 is 5.78. The van der Waals surface area contributed by atoms with Crippen LogP contribution in [0.4, 0.5) is 5.69 Å². The Labute approximate surface area is 129 Å². The van der Waals surface area contributed by atoms with E-state index in [1.165, 1.54) is 18.2 Å². The summed E-state index contributed by atoms with van der Waals surface area (Å²) in [6, 6.07) is 4.30. The topological polar surface area (TPSA) is 90.0 Å². The number of nitrogens with two attached hydrogens (primary N) is 1. The molecule has 6 nitrogen and oxygen atoms in total. The fourth-order valence-corrected chi connectivity index (χ4v) is 3.37. The van der Waals surface area contributed by atoms with Gasteiger partial charge in [-0.2, -0.15) is 5.10 Å². The van der Waals surface area contributed by atoms with Crippen LogP contribution in [0.1, 0.15) is 17.0 Å². The van der Waals surface area contributed by atoms with Gasteiger partial charge in [-0.05, 0) is 32.0 Å². The van der Waals surface area contributed by atoms with E-state index in [1.807, 2.05) is 20.9 Å². The molecule has 3 N–H and O–H groups in total. The Hall–Kier alpha value is -1.57. The number of aromatic nitrogens is 2. The van der Waals surface area contributed by atoms with E-state index < -0.39 is 10.0 Å². The van der Waals surface area contributed by atoms with Gasteiger partial charge in [-0.15, -0.1) is 0 Å². The average molecular weight is 329 g/mol. The van der Waals surface area contributed by atoms with E-state index in [0.29, 0.717) is 5.02 Å². The second-order valence-electron chi connectivity index (χ2n) is 4.78. The minimum absolute atomic E-state index is 0.0195. The predicted molar refractivity (Wildman–Crippen MR) is 82.6 cm³/mol. The molecule has 8 heteroatoms. The number of nitrogens with one attached hydrogen (secondary N) is 1. The molecule has 0 fully saturated rings. The molecular weight excluding hydrogens is 312 g/mol. The predicted octanol–water partition coefficient (Wildman–Crippen LogP) is 1.75. The first-order chi connectivity index (χ1) is 9.72. The van der Waals surface area contributed by atoms with Crippen LogP contribution >= 0.6 is 11.6 Å². The largest absolute Gasteiger partial charge is 0.398 e. The lowest BCUT2D eigenvalue weighted by Gasteiger charge is -2.09. The fourth-order valence-electron chi connectivity index (χ4n) is 2.08. The third kappa shape index (κ3) is 3.20. The van der Waals surface area contributed by atoms with Crippen molar-refractivity contribution >= 4 is 27.3 Å². The quantitative estimate of drug-likeness (QED) is 0.837. The van der Waals surface area contributed by atoms with Gasteiger partial charge in [-0.25, -0.2) is 13.1 Å². The van der Waals surface area contributed by atoms with Gasteiger partial charge < -0.3 is 5.73 Å². The number of halogens is 1. The van der Waals surface area contributed by atoms with E-state index in [4.69, 9.17) is 17.3 Å². The van der Waals surface area contributed by atoms with Crippen molar-refractivity contribution in [2.45, 2.75) is 25.3 Å². The molecule has 0 unspecified atom stereocenters. The summed E-state index contributed by atoms with van der Waals surface area (Å²) in [6.45, 7) is 3.89. The Morgan fingerprint density at radius 1 is 1.38 bits per heavy atom. The highest BCUT2D eigenvalue weighted by Gasteiger charge is 2.19. The normalized spacial score (nSPS) is 11.8. The van der Waals surface area contributed by atoms with E-state index in [0.717, 1.165) is 17.0 Å². The van der Waals surface area contributed by atoms with Crippen LogP contribution in [0, 0.1) is 13.8 Å². The van der Waals surface area contributed by atoms with Gasteiger partial charge >= 0.3 is 0 Å². The van der Waals surface area contributed by atoms with Gasteiger partial charge in [0.15, 0.2) is 0 Å². The number of nitrogen functional groups attached to an aromatic ring is 1. The third-order valence-corrected chi connectivity index (χ3v) is 5.07. The average Bonchev–Trinajstić information content (AvgIpc) is 2.60. The number of rotatable bonds is 4. The van der Waals surface area contributed by atoms with Crippen LogP contribution in [0.25, 0.3) is 0 Å². The molecule has 114 valence electrons. The zero-order valence-corrected chi connectivity index (χ0v) is 13.6. The molecule has 1 aromatic carbocycles. The van der Waals surface area contributed by atoms with Crippen molar-refractivity contribution in [3.05, 3.63) is 40.2 Å². The van der Waals surface area contributed by atoms with E-state index in [9.17, 15) is 8.42 Å². The maximum absolute atomic E-state index is 12.3. The molecular formula is C13H17ClN4O2S. The minimum Gasteiger partial charge on any atom is -0.398 e. The smallest absolute Gasteiger partial charge is 0.242 e. The second kappa shape index (κ2) is 5.67. The van der Waals surface area contributed by atoms with Crippen molar-refractivity contribution in [3.63, 3.8) is 0 Å². The van der Waals surface area contributed by atoms with Crippen LogP contribution in [-0.4, -0.2) is 18.2 Å². The van der Waals surface area contributed by atoms with Crippen molar-refractivity contribution in [2.75, 3.05) is 5.73 Å². The number of anilines is 1. The lowest BCUT2D eigenvalue weighted by atomic mass is 10.2. The minimum atomic E-state index is -3.70. The molecule has 0 aliphatic carbocycles. The number of hydrogen-bond donors (Lipinski definition) is 2. The van der Waals surface area contributed by atoms with Crippen LogP contribution in [0.3, 0.4) is 0 Å². The molecule has 2 rings (SSSR count). The first-order valence-corrected chi connectivity index (χ1v) is 8.12. The van der Waals surface area contributed by atoms with Crippen molar-refractivity contribution in [3.8, 4) is 0 Å². The summed E-state index contributed by atoms with van der Waals surface area (Å²) in [5.41, 5.74) is 8.40. The lowest BCUT2D eigenvalue weighted by molar-refractivity contribution is 0.581. The van der Waals surface area contributed by atoms with Crippen molar-refractivity contribution in [2.24, 2.45) is 7.05 Å². The standard InChI is InChI=1S/C13H17ClN4O2S/c1-8-11(9(2)18(3)17-8)7-16-21(19,20)13-5-4-10(14)6-12(13)15/h4-6,16H,7,15H2,1-3H3. The number of nitrogens with zero attached hydrogens (tertiary/aromatic N) is 2. The van der Waals surface area contributed by atoms with Crippen LogP contribution in [0.2, 0.25) is 5.02 Å². The number of sulfonamides is 1. The van der Waals surface area contributed by atoms with Gasteiger partial charge in [0.1, 0.15) is 4.90 Å². The molecule has 0 atom stereocenters. The lowest BCUT2D eigenvalue weighted by Crippen LogP contribution is -2.24. The van der Waals surface area contributed by atoms with Crippen molar-refractivity contribution < 1.29 is 8.42 Å². The molecule has 0 spiro atoms. The van der Waals surface area contributed by atoms with E-state index in [2.05, 4.69) is 9.82 Å². The Balaban J connectivity index is 2.26. The molecule has 0 bridgehead atoms. The molecule has 0 aliphatic rings. The fraction of sp³-hybridized carbons (Fsp3) is 0.308. The highest BCUT2D eigenvalue weighted by atomic mass is 35.5. The molecule has 0 saturated heterocycles. The van der Waals surface area contributed by atoms with Crippen molar-refractivity contribution in [1.82, 2.24) is 14.5 Å². The Morgan fingerprint density at radius 2 is 2.05 bits per heavy atom. The number of hydrogen-bond acceptors (Lipinski definition) is 4. The zero-order chi connectivity index (χ0) is 15.8. The van der Waals surface area contributed by atoms with E-state index in [1.54, 1.807) is 4.68 Å². The Kier molecular flexibility index (Phi) is 4.27. The van der Waals surface area contributed by atoms with Crippen LogP contribution in [-0.2, 0) is 23.6 Å². The first-order valence-electron chi connectivity index (χ1n) is 6.26. The van der Waals surface area contributed by atoms with E-state index >= 15 is 0 Å². The van der Waals surface area contributed by atoms with Crippen LogP contribution < -0.4 is 10.5 Å². The van der Waals surface area contributed by atoms with Gasteiger partial charge in [-0.1, -0.05) is 11.6 Å². The Morgan fingerprint density at radius 3 is 2.57 bits per heavy atom. The molecule has 0 saturated carbocycles. The number of aryl methyl sites for hydroxylation is 2. The highest BCUT2D eigenvalue weighted by Crippen LogP contribution is 2.22. The molecule has 1 aromatic heterocycles.